The molecule has 2 aromatic carbocycles. The maximum Gasteiger partial charge on any atom is 0.293 e. The third-order valence-corrected chi connectivity index (χ3v) is 3.91. The first-order valence-electron chi connectivity index (χ1n) is 5.52. The van der Waals surface area contributed by atoms with Gasteiger partial charge < -0.3 is 5.73 Å². The molecule has 0 fully saturated rings. The van der Waals surface area contributed by atoms with E-state index in [-0.39, 0.29) is 10.6 Å². The molecule has 0 saturated heterocycles. The molecule has 0 bridgehead atoms. The molecule has 0 amide bonds. The Morgan fingerprint density at radius 2 is 1.75 bits per heavy atom. The van der Waals surface area contributed by atoms with Crippen molar-refractivity contribution in [2.75, 3.05) is 10.5 Å². The van der Waals surface area contributed by atoms with Crippen molar-refractivity contribution in [2.24, 2.45) is 0 Å². The van der Waals surface area contributed by atoms with Crippen LogP contribution in [-0.2, 0) is 10.0 Å². The number of benzene rings is 2. The fraction of sp³-hybridized carbons (Fsp3) is 0. The van der Waals surface area contributed by atoms with Crippen LogP contribution in [0.5, 0.6) is 0 Å². The Labute approximate surface area is 115 Å². The van der Waals surface area contributed by atoms with Crippen LogP contribution in [0.2, 0.25) is 0 Å². The number of rotatable bonds is 4. The molecule has 8 heteroatoms. The molecular formula is C12H11N3O4S. The number of para-hydroxylation sites is 1. The van der Waals surface area contributed by atoms with Crippen molar-refractivity contribution in [1.82, 2.24) is 0 Å². The van der Waals surface area contributed by atoms with Crippen LogP contribution in [0.15, 0.2) is 53.4 Å². The zero-order valence-electron chi connectivity index (χ0n) is 10.2. The van der Waals surface area contributed by atoms with E-state index in [9.17, 15) is 18.5 Å². The van der Waals surface area contributed by atoms with Gasteiger partial charge in [0.25, 0.3) is 15.7 Å². The van der Waals surface area contributed by atoms with Crippen molar-refractivity contribution in [3.63, 3.8) is 0 Å². The normalized spacial score (nSPS) is 11.0. The van der Waals surface area contributed by atoms with E-state index in [0.29, 0.717) is 5.69 Å². The van der Waals surface area contributed by atoms with Gasteiger partial charge in [-0.25, -0.2) is 8.42 Å². The first-order chi connectivity index (χ1) is 9.40. The predicted octanol–water partition coefficient (Wildman–Crippen LogP) is 1.98. The van der Waals surface area contributed by atoms with Gasteiger partial charge in [-0.1, -0.05) is 18.2 Å². The molecular weight excluding hydrogens is 282 g/mol. The molecule has 2 rings (SSSR count). The van der Waals surface area contributed by atoms with Crippen LogP contribution in [0.3, 0.4) is 0 Å². The van der Waals surface area contributed by atoms with Gasteiger partial charge in [0.2, 0.25) is 0 Å². The topological polar surface area (TPSA) is 115 Å². The fourth-order valence-corrected chi connectivity index (χ4v) is 2.65. The summed E-state index contributed by atoms with van der Waals surface area (Å²) in [4.78, 5) is 9.82. The average molecular weight is 293 g/mol. The molecule has 20 heavy (non-hydrogen) atoms. The largest absolute Gasteiger partial charge is 0.393 e. The van der Waals surface area contributed by atoms with Crippen molar-refractivity contribution in [3.05, 3.63) is 58.6 Å². The van der Waals surface area contributed by atoms with Gasteiger partial charge in [-0.15, -0.1) is 0 Å². The zero-order valence-corrected chi connectivity index (χ0v) is 11.0. The summed E-state index contributed by atoms with van der Waals surface area (Å²) in [7, 11) is -3.90. The molecule has 0 atom stereocenters. The molecule has 0 unspecified atom stereocenters. The highest BCUT2D eigenvalue weighted by Gasteiger charge is 2.20. The number of hydrogen-bond donors (Lipinski definition) is 2. The van der Waals surface area contributed by atoms with Gasteiger partial charge in [-0.3, -0.25) is 14.8 Å². The summed E-state index contributed by atoms with van der Waals surface area (Å²) in [6.07, 6.45) is 0. The average Bonchev–Trinajstić information content (AvgIpc) is 2.39. The number of nitrogen functional groups attached to an aromatic ring is 1. The second kappa shape index (κ2) is 5.17. The smallest absolute Gasteiger partial charge is 0.293 e. The summed E-state index contributed by atoms with van der Waals surface area (Å²) in [5.74, 6) is 0. The van der Waals surface area contributed by atoms with E-state index >= 15 is 0 Å². The second-order valence-electron chi connectivity index (χ2n) is 3.95. The van der Waals surface area contributed by atoms with E-state index in [1.807, 2.05) is 0 Å². The lowest BCUT2D eigenvalue weighted by Crippen LogP contribution is -2.13. The van der Waals surface area contributed by atoms with Crippen LogP contribution in [0.1, 0.15) is 0 Å². The second-order valence-corrected chi connectivity index (χ2v) is 5.63. The summed E-state index contributed by atoms with van der Waals surface area (Å²) in [6.45, 7) is 0. The fourth-order valence-electron chi connectivity index (χ4n) is 1.57. The van der Waals surface area contributed by atoms with Crippen molar-refractivity contribution in [2.45, 2.75) is 4.90 Å². The highest BCUT2D eigenvalue weighted by molar-refractivity contribution is 7.92. The number of nitrogens with one attached hydrogen (secondary N) is 1. The lowest BCUT2D eigenvalue weighted by molar-refractivity contribution is -0.384. The Morgan fingerprint density at radius 1 is 1.10 bits per heavy atom. The molecule has 0 saturated carbocycles. The molecule has 0 spiro atoms. The van der Waals surface area contributed by atoms with Crippen molar-refractivity contribution < 1.29 is 13.3 Å². The van der Waals surface area contributed by atoms with Crippen LogP contribution in [0.4, 0.5) is 17.1 Å². The number of nitro benzene ring substituents is 1. The maximum absolute atomic E-state index is 12.1. The SMILES string of the molecule is Nc1ccc(S(=O)(=O)Nc2ccccc2)cc1[N+](=O)[O-]. The van der Waals surface area contributed by atoms with Crippen LogP contribution in [0.25, 0.3) is 0 Å². The van der Waals surface area contributed by atoms with E-state index in [0.717, 1.165) is 6.07 Å². The molecule has 0 aromatic heterocycles. The van der Waals surface area contributed by atoms with Crippen molar-refractivity contribution in [3.8, 4) is 0 Å². The monoisotopic (exact) mass is 293 g/mol. The summed E-state index contributed by atoms with van der Waals surface area (Å²) in [5.41, 5.74) is 5.26. The summed E-state index contributed by atoms with van der Waals surface area (Å²) in [5, 5.41) is 10.8. The predicted molar refractivity (Wildman–Crippen MR) is 74.8 cm³/mol. The lowest BCUT2D eigenvalue weighted by atomic mass is 10.3. The van der Waals surface area contributed by atoms with Crippen molar-refractivity contribution in [1.29, 1.82) is 0 Å². The Kier molecular flexibility index (Phi) is 3.57. The van der Waals surface area contributed by atoms with Gasteiger partial charge in [0.1, 0.15) is 5.69 Å². The molecule has 3 N–H and O–H groups in total. The van der Waals surface area contributed by atoms with E-state index in [1.165, 1.54) is 12.1 Å². The van der Waals surface area contributed by atoms with E-state index in [4.69, 9.17) is 5.73 Å². The minimum Gasteiger partial charge on any atom is -0.393 e. The van der Waals surface area contributed by atoms with E-state index in [1.54, 1.807) is 30.3 Å². The highest BCUT2D eigenvalue weighted by atomic mass is 32.2. The van der Waals surface area contributed by atoms with Gasteiger partial charge in [-0.05, 0) is 24.3 Å². The number of nitro groups is 1. The highest BCUT2D eigenvalue weighted by Crippen LogP contribution is 2.25. The third-order valence-electron chi connectivity index (χ3n) is 2.53. The molecule has 104 valence electrons. The first kappa shape index (κ1) is 13.8. The third kappa shape index (κ3) is 2.86. The van der Waals surface area contributed by atoms with Gasteiger partial charge in [0.05, 0.1) is 9.82 Å². The Balaban J connectivity index is 2.40. The molecule has 0 radical (unpaired) electrons. The maximum atomic E-state index is 12.1. The Bertz CT molecular complexity index is 745. The lowest BCUT2D eigenvalue weighted by Gasteiger charge is -2.08. The van der Waals surface area contributed by atoms with Crippen LogP contribution >= 0.6 is 0 Å². The van der Waals surface area contributed by atoms with Crippen LogP contribution in [-0.4, -0.2) is 13.3 Å². The van der Waals surface area contributed by atoms with Crippen molar-refractivity contribution >= 4 is 27.1 Å². The Morgan fingerprint density at radius 3 is 2.35 bits per heavy atom. The van der Waals surface area contributed by atoms with Gasteiger partial charge in [0.15, 0.2) is 0 Å². The minimum atomic E-state index is -3.90. The summed E-state index contributed by atoms with van der Waals surface area (Å²) >= 11 is 0. The van der Waals surface area contributed by atoms with Crippen LogP contribution < -0.4 is 10.5 Å². The van der Waals surface area contributed by atoms with E-state index in [2.05, 4.69) is 4.72 Å². The van der Waals surface area contributed by atoms with Gasteiger partial charge in [0, 0.05) is 11.8 Å². The summed E-state index contributed by atoms with van der Waals surface area (Å²) in [6, 6.07) is 11.6. The number of nitrogens with two attached hydrogens (primary N) is 1. The quantitative estimate of drug-likeness (QED) is 0.508. The minimum absolute atomic E-state index is 0.0892. The number of anilines is 2. The number of sulfonamides is 1. The molecule has 0 heterocycles. The number of hydrogen-bond acceptors (Lipinski definition) is 5. The Hall–Kier alpha value is -2.61. The molecule has 0 aliphatic rings. The molecule has 0 aliphatic heterocycles. The molecule has 0 aliphatic carbocycles. The van der Waals surface area contributed by atoms with E-state index < -0.39 is 20.6 Å². The van der Waals surface area contributed by atoms with Gasteiger partial charge >= 0.3 is 0 Å². The number of nitrogens with zero attached hydrogens (tertiary/aromatic N) is 1. The first-order valence-corrected chi connectivity index (χ1v) is 7.00. The standard InChI is InChI=1S/C12H11N3O4S/c13-11-7-6-10(8-12(11)15(16)17)20(18,19)14-9-4-2-1-3-5-9/h1-8,14H,13H2. The van der Waals surface area contributed by atoms with Crippen LogP contribution in [0, 0.1) is 10.1 Å². The van der Waals surface area contributed by atoms with Gasteiger partial charge in [-0.2, -0.15) is 0 Å². The zero-order chi connectivity index (χ0) is 14.8. The molecule has 7 nitrogen and oxygen atoms in total. The summed E-state index contributed by atoms with van der Waals surface area (Å²) < 4.78 is 26.6. The molecule has 2 aromatic rings.